The summed E-state index contributed by atoms with van der Waals surface area (Å²) in [5, 5.41) is 13.0. The van der Waals surface area contributed by atoms with Crippen LogP contribution in [0.15, 0.2) is 6.20 Å². The van der Waals surface area contributed by atoms with Gasteiger partial charge in [-0.3, -0.25) is 14.7 Å². The van der Waals surface area contributed by atoms with Crippen LogP contribution >= 0.6 is 0 Å². The van der Waals surface area contributed by atoms with Gasteiger partial charge < -0.3 is 15.5 Å². The Bertz CT molecular complexity index is 671. The molecule has 2 aliphatic carbocycles. The summed E-state index contributed by atoms with van der Waals surface area (Å²) in [6.45, 7) is 3.75. The molecule has 1 aromatic heterocycles. The first-order chi connectivity index (χ1) is 11.9. The number of amides is 2. The van der Waals surface area contributed by atoms with Crippen LogP contribution in [0, 0.1) is 18.3 Å². The van der Waals surface area contributed by atoms with Crippen LogP contribution in [-0.4, -0.2) is 59.1 Å². The molecular weight excluding hydrogens is 318 g/mol. The van der Waals surface area contributed by atoms with Gasteiger partial charge in [0.1, 0.15) is 0 Å². The van der Waals surface area contributed by atoms with Gasteiger partial charge in [0.25, 0.3) is 5.91 Å². The molecule has 1 spiro atoms. The van der Waals surface area contributed by atoms with Gasteiger partial charge >= 0.3 is 0 Å². The van der Waals surface area contributed by atoms with Crippen LogP contribution in [0.4, 0.5) is 0 Å². The zero-order valence-electron chi connectivity index (χ0n) is 15.0. The number of nitrogens with one attached hydrogen (secondary N) is 3. The molecule has 3 N–H and O–H groups in total. The second-order valence-corrected chi connectivity index (χ2v) is 8.35. The second-order valence-electron chi connectivity index (χ2n) is 8.35. The maximum absolute atomic E-state index is 12.3. The summed E-state index contributed by atoms with van der Waals surface area (Å²) in [5.41, 5.74) is 1.77. The van der Waals surface area contributed by atoms with Crippen LogP contribution < -0.4 is 10.6 Å². The van der Waals surface area contributed by atoms with E-state index in [0.717, 1.165) is 50.9 Å². The lowest BCUT2D eigenvalue weighted by atomic mass is 9.52. The third-order valence-electron chi connectivity index (χ3n) is 6.24. The summed E-state index contributed by atoms with van der Waals surface area (Å²) >= 11 is 0. The van der Waals surface area contributed by atoms with Gasteiger partial charge in [0, 0.05) is 24.3 Å². The molecule has 2 saturated carbocycles. The molecule has 2 amide bonds. The first-order valence-corrected chi connectivity index (χ1v) is 9.24. The lowest BCUT2D eigenvalue weighted by Crippen LogP contribution is -2.61. The molecule has 1 aliphatic heterocycles. The first kappa shape index (κ1) is 16.6. The number of nitrogens with zero attached hydrogens (tertiary/aromatic N) is 2. The van der Waals surface area contributed by atoms with E-state index in [-0.39, 0.29) is 23.8 Å². The van der Waals surface area contributed by atoms with Crippen molar-refractivity contribution in [3.63, 3.8) is 0 Å². The van der Waals surface area contributed by atoms with Gasteiger partial charge in [-0.05, 0) is 58.0 Å². The van der Waals surface area contributed by atoms with E-state index in [9.17, 15) is 9.59 Å². The lowest BCUT2D eigenvalue weighted by Gasteiger charge is -2.57. The lowest BCUT2D eigenvalue weighted by molar-refractivity contribution is -0.128. The Morgan fingerprint density at radius 2 is 1.92 bits per heavy atom. The molecule has 1 unspecified atom stereocenters. The number of aromatic amines is 1. The van der Waals surface area contributed by atoms with Crippen LogP contribution in [0.1, 0.15) is 48.2 Å². The van der Waals surface area contributed by atoms with Gasteiger partial charge in [-0.25, -0.2) is 0 Å². The molecule has 7 heteroatoms. The molecule has 2 heterocycles. The predicted octanol–water partition coefficient (Wildman–Crippen LogP) is 0.827. The van der Waals surface area contributed by atoms with E-state index >= 15 is 0 Å². The van der Waals surface area contributed by atoms with Gasteiger partial charge in [0.2, 0.25) is 5.91 Å². The van der Waals surface area contributed by atoms with E-state index in [1.165, 1.54) is 0 Å². The highest BCUT2D eigenvalue weighted by atomic mass is 16.2. The van der Waals surface area contributed by atoms with Crippen molar-refractivity contribution in [3.8, 4) is 0 Å². The van der Waals surface area contributed by atoms with Crippen molar-refractivity contribution in [1.82, 2.24) is 25.7 Å². The van der Waals surface area contributed by atoms with Crippen LogP contribution in [0.3, 0.4) is 0 Å². The predicted molar refractivity (Wildman–Crippen MR) is 93.0 cm³/mol. The number of aromatic nitrogens is 2. The van der Waals surface area contributed by atoms with E-state index in [0.29, 0.717) is 17.0 Å². The number of hydrogen-bond acceptors (Lipinski definition) is 4. The maximum atomic E-state index is 12.3. The topological polar surface area (TPSA) is 90.1 Å². The third kappa shape index (κ3) is 3.17. The summed E-state index contributed by atoms with van der Waals surface area (Å²) in [4.78, 5) is 26.7. The average Bonchev–Trinajstić information content (AvgIpc) is 3.11. The minimum absolute atomic E-state index is 0.0411. The van der Waals surface area contributed by atoms with Crippen LogP contribution in [0.2, 0.25) is 0 Å². The third-order valence-corrected chi connectivity index (χ3v) is 6.24. The summed E-state index contributed by atoms with van der Waals surface area (Å²) in [5.74, 6) is 0.345. The van der Waals surface area contributed by atoms with Crippen molar-refractivity contribution in [2.45, 2.75) is 51.1 Å². The Labute approximate surface area is 147 Å². The van der Waals surface area contributed by atoms with E-state index in [1.54, 1.807) is 6.20 Å². The highest BCUT2D eigenvalue weighted by Crippen LogP contribution is 2.56. The largest absolute Gasteiger partial charge is 0.353 e. The standard InChI is InChI=1S/C18H27N5O2/c1-11-15(9-19-22-11)17(25)21-14-7-18(8-14)5-13(6-18)20-16(24)12-3-4-23(2)10-12/h9,12-14H,3-8,10H2,1-2H3,(H,19,22)(H,20,24)(H,21,25). The average molecular weight is 345 g/mol. The molecule has 1 aromatic rings. The highest BCUT2D eigenvalue weighted by Gasteiger charge is 2.53. The molecule has 3 aliphatic rings. The SMILES string of the molecule is Cc1[nH]ncc1C(=O)NC1CC2(C1)CC(NC(=O)C1CCN(C)C1)C2. The van der Waals surface area contributed by atoms with E-state index < -0.39 is 0 Å². The smallest absolute Gasteiger partial charge is 0.254 e. The van der Waals surface area contributed by atoms with Gasteiger partial charge in [0.05, 0.1) is 17.7 Å². The van der Waals surface area contributed by atoms with Gasteiger partial charge in [-0.15, -0.1) is 0 Å². The highest BCUT2D eigenvalue weighted by molar-refractivity contribution is 5.95. The summed E-state index contributed by atoms with van der Waals surface area (Å²) in [7, 11) is 2.07. The fourth-order valence-electron chi connectivity index (χ4n) is 4.82. The van der Waals surface area contributed by atoms with Crippen molar-refractivity contribution in [3.05, 3.63) is 17.5 Å². The van der Waals surface area contributed by atoms with Crippen molar-refractivity contribution in [2.75, 3.05) is 20.1 Å². The van der Waals surface area contributed by atoms with Gasteiger partial charge in [-0.2, -0.15) is 5.10 Å². The van der Waals surface area contributed by atoms with Crippen LogP contribution in [0.25, 0.3) is 0 Å². The fraction of sp³-hybridized carbons (Fsp3) is 0.722. The number of rotatable bonds is 4. The van der Waals surface area contributed by atoms with Crippen LogP contribution in [-0.2, 0) is 4.79 Å². The molecule has 3 fully saturated rings. The first-order valence-electron chi connectivity index (χ1n) is 9.24. The minimum atomic E-state index is -0.0411. The Morgan fingerprint density at radius 1 is 1.24 bits per heavy atom. The maximum Gasteiger partial charge on any atom is 0.254 e. The van der Waals surface area contributed by atoms with E-state index in [1.807, 2.05) is 6.92 Å². The number of likely N-dealkylation sites (tertiary alicyclic amines) is 1. The Hall–Kier alpha value is -1.89. The Morgan fingerprint density at radius 3 is 2.48 bits per heavy atom. The van der Waals surface area contributed by atoms with E-state index in [4.69, 9.17) is 0 Å². The second kappa shape index (κ2) is 6.12. The normalized spacial score (nSPS) is 34.4. The fourth-order valence-corrected chi connectivity index (χ4v) is 4.82. The number of aryl methyl sites for hydroxylation is 1. The molecule has 0 bridgehead atoms. The number of carbonyl (C=O) groups excluding carboxylic acids is 2. The molecule has 136 valence electrons. The Kier molecular flexibility index (Phi) is 4.06. The zero-order valence-corrected chi connectivity index (χ0v) is 15.0. The monoisotopic (exact) mass is 345 g/mol. The zero-order chi connectivity index (χ0) is 17.6. The summed E-state index contributed by atoms with van der Waals surface area (Å²) < 4.78 is 0. The minimum Gasteiger partial charge on any atom is -0.353 e. The van der Waals surface area contributed by atoms with Gasteiger partial charge in [-0.1, -0.05) is 0 Å². The van der Waals surface area contributed by atoms with Crippen molar-refractivity contribution < 1.29 is 9.59 Å². The summed E-state index contributed by atoms with van der Waals surface area (Å²) in [6, 6.07) is 0.577. The molecule has 1 saturated heterocycles. The van der Waals surface area contributed by atoms with Crippen LogP contribution in [0.5, 0.6) is 0 Å². The summed E-state index contributed by atoms with van der Waals surface area (Å²) in [6.07, 6.45) is 6.70. The van der Waals surface area contributed by atoms with Crippen molar-refractivity contribution in [1.29, 1.82) is 0 Å². The Balaban J connectivity index is 1.19. The van der Waals surface area contributed by atoms with Crippen molar-refractivity contribution >= 4 is 11.8 Å². The quantitative estimate of drug-likeness (QED) is 0.754. The van der Waals surface area contributed by atoms with Gasteiger partial charge in [0.15, 0.2) is 0 Å². The molecule has 0 radical (unpaired) electrons. The molecule has 25 heavy (non-hydrogen) atoms. The molecular formula is C18H27N5O2. The molecule has 1 atom stereocenters. The van der Waals surface area contributed by atoms with Crippen molar-refractivity contribution in [2.24, 2.45) is 11.3 Å². The molecule has 0 aromatic carbocycles. The number of carbonyl (C=O) groups is 2. The number of H-pyrrole nitrogens is 1. The van der Waals surface area contributed by atoms with E-state index in [2.05, 4.69) is 32.8 Å². The molecule has 7 nitrogen and oxygen atoms in total. The number of hydrogen-bond donors (Lipinski definition) is 3. The molecule has 4 rings (SSSR count).